The van der Waals surface area contributed by atoms with E-state index >= 15 is 0 Å². The Hall–Kier alpha value is -1.38. The molecule has 1 aromatic rings. The second-order valence-electron chi connectivity index (χ2n) is 3.46. The molecule has 0 atom stereocenters. The first-order chi connectivity index (χ1) is 7.10. The van der Waals surface area contributed by atoms with Crippen LogP contribution in [0, 0.1) is 12.7 Å². The van der Waals surface area contributed by atoms with Crippen molar-refractivity contribution in [3.8, 4) is 0 Å². The maximum atomic E-state index is 13.4. The Kier molecular flexibility index (Phi) is 3.83. The van der Waals surface area contributed by atoms with Gasteiger partial charge in [-0.2, -0.15) is 0 Å². The fourth-order valence-electron chi connectivity index (χ4n) is 1.48. The lowest BCUT2D eigenvalue weighted by atomic mass is 10.1. The molecule has 0 saturated carbocycles. The van der Waals surface area contributed by atoms with Crippen molar-refractivity contribution in [1.82, 2.24) is 4.90 Å². The van der Waals surface area contributed by atoms with Crippen molar-refractivity contribution in [3.05, 3.63) is 35.1 Å². The zero-order valence-corrected chi connectivity index (χ0v) is 9.38. The van der Waals surface area contributed by atoms with Crippen molar-refractivity contribution in [3.63, 3.8) is 0 Å². The third-order valence-corrected chi connectivity index (χ3v) is 2.40. The number of hydrogen-bond donors (Lipinski definition) is 0. The van der Waals surface area contributed by atoms with Crippen LogP contribution in [-0.4, -0.2) is 23.9 Å². The van der Waals surface area contributed by atoms with Crippen molar-refractivity contribution in [1.29, 1.82) is 0 Å². The molecule has 0 spiro atoms. The summed E-state index contributed by atoms with van der Waals surface area (Å²) in [6, 6.07) is 4.59. The number of carbonyl (C=O) groups is 1. The largest absolute Gasteiger partial charge is 0.339 e. The monoisotopic (exact) mass is 209 g/mol. The number of amides is 1. The van der Waals surface area contributed by atoms with Crippen LogP contribution in [0.25, 0.3) is 0 Å². The van der Waals surface area contributed by atoms with E-state index in [1.165, 1.54) is 6.07 Å². The van der Waals surface area contributed by atoms with E-state index in [0.717, 1.165) is 5.56 Å². The molecule has 3 heteroatoms. The van der Waals surface area contributed by atoms with Gasteiger partial charge in [-0.05, 0) is 32.9 Å². The van der Waals surface area contributed by atoms with Gasteiger partial charge in [-0.25, -0.2) is 4.39 Å². The van der Waals surface area contributed by atoms with E-state index in [1.54, 1.807) is 17.0 Å². The molecule has 15 heavy (non-hydrogen) atoms. The predicted molar refractivity (Wildman–Crippen MR) is 58.4 cm³/mol. The summed E-state index contributed by atoms with van der Waals surface area (Å²) in [4.78, 5) is 13.5. The van der Waals surface area contributed by atoms with Gasteiger partial charge < -0.3 is 4.90 Å². The summed E-state index contributed by atoms with van der Waals surface area (Å²) in [5, 5.41) is 0. The number of aryl methyl sites for hydroxylation is 1. The smallest absolute Gasteiger partial charge is 0.256 e. The van der Waals surface area contributed by atoms with Gasteiger partial charge in [0.05, 0.1) is 5.56 Å². The molecule has 0 heterocycles. The fraction of sp³-hybridized carbons (Fsp3) is 0.417. The minimum Gasteiger partial charge on any atom is -0.339 e. The molecule has 0 aliphatic carbocycles. The van der Waals surface area contributed by atoms with Crippen molar-refractivity contribution in [2.75, 3.05) is 13.1 Å². The van der Waals surface area contributed by atoms with E-state index < -0.39 is 5.82 Å². The van der Waals surface area contributed by atoms with Crippen molar-refractivity contribution in [2.45, 2.75) is 20.8 Å². The van der Waals surface area contributed by atoms with Gasteiger partial charge >= 0.3 is 0 Å². The third-order valence-electron chi connectivity index (χ3n) is 2.40. The van der Waals surface area contributed by atoms with Crippen LogP contribution in [0.3, 0.4) is 0 Å². The average molecular weight is 209 g/mol. The SMILES string of the molecule is CCN(CC)C(=O)c1cc(C)ccc1F. The number of carbonyl (C=O) groups excluding carboxylic acids is 1. The standard InChI is InChI=1S/C12H16FNO/c1-4-14(5-2)12(15)10-8-9(3)6-7-11(10)13/h6-8H,4-5H2,1-3H3. The second-order valence-corrected chi connectivity index (χ2v) is 3.46. The van der Waals surface area contributed by atoms with Crippen LogP contribution in [0.1, 0.15) is 29.8 Å². The number of benzene rings is 1. The average Bonchev–Trinajstić information content (AvgIpc) is 2.23. The van der Waals surface area contributed by atoms with E-state index in [-0.39, 0.29) is 11.5 Å². The summed E-state index contributed by atoms with van der Waals surface area (Å²) in [6.07, 6.45) is 0. The van der Waals surface area contributed by atoms with Crippen molar-refractivity contribution < 1.29 is 9.18 Å². The molecule has 1 aromatic carbocycles. The highest BCUT2D eigenvalue weighted by atomic mass is 19.1. The van der Waals surface area contributed by atoms with E-state index in [0.29, 0.717) is 13.1 Å². The van der Waals surface area contributed by atoms with Crippen LogP contribution in [-0.2, 0) is 0 Å². The van der Waals surface area contributed by atoms with Crippen LogP contribution in [0.15, 0.2) is 18.2 Å². The molecule has 82 valence electrons. The maximum Gasteiger partial charge on any atom is 0.256 e. The quantitative estimate of drug-likeness (QED) is 0.749. The Morgan fingerprint density at radius 3 is 2.47 bits per heavy atom. The number of halogens is 1. The Morgan fingerprint density at radius 2 is 1.93 bits per heavy atom. The second kappa shape index (κ2) is 4.91. The van der Waals surface area contributed by atoms with Crippen molar-refractivity contribution >= 4 is 5.91 Å². The highest BCUT2D eigenvalue weighted by molar-refractivity contribution is 5.94. The van der Waals surface area contributed by atoms with Crippen LogP contribution >= 0.6 is 0 Å². The molecule has 2 nitrogen and oxygen atoms in total. The Balaban J connectivity index is 3.04. The van der Waals surface area contributed by atoms with Crippen LogP contribution < -0.4 is 0 Å². The van der Waals surface area contributed by atoms with E-state index in [1.807, 2.05) is 20.8 Å². The normalized spacial score (nSPS) is 10.1. The van der Waals surface area contributed by atoms with Crippen LogP contribution in [0.5, 0.6) is 0 Å². The summed E-state index contributed by atoms with van der Waals surface area (Å²) in [5.74, 6) is -0.682. The number of hydrogen-bond acceptors (Lipinski definition) is 1. The molecule has 0 N–H and O–H groups in total. The van der Waals surface area contributed by atoms with E-state index in [4.69, 9.17) is 0 Å². The van der Waals surface area contributed by atoms with E-state index in [9.17, 15) is 9.18 Å². The lowest BCUT2D eigenvalue weighted by Gasteiger charge is -2.19. The first-order valence-corrected chi connectivity index (χ1v) is 5.15. The lowest BCUT2D eigenvalue weighted by Crippen LogP contribution is -2.31. The topological polar surface area (TPSA) is 20.3 Å². The predicted octanol–water partition coefficient (Wildman–Crippen LogP) is 2.62. The maximum absolute atomic E-state index is 13.4. The van der Waals surface area contributed by atoms with Gasteiger partial charge in [0.25, 0.3) is 5.91 Å². The number of nitrogens with zero attached hydrogens (tertiary/aromatic N) is 1. The Morgan fingerprint density at radius 1 is 1.33 bits per heavy atom. The molecule has 0 aliphatic heterocycles. The Bertz CT molecular complexity index is 359. The van der Waals surface area contributed by atoms with Gasteiger partial charge in [-0.1, -0.05) is 11.6 Å². The van der Waals surface area contributed by atoms with Gasteiger partial charge in [0.2, 0.25) is 0 Å². The first-order valence-electron chi connectivity index (χ1n) is 5.15. The Labute approximate surface area is 89.7 Å². The first kappa shape index (κ1) is 11.7. The van der Waals surface area contributed by atoms with Gasteiger partial charge in [0, 0.05) is 13.1 Å². The van der Waals surface area contributed by atoms with Gasteiger partial charge in [0.1, 0.15) is 5.82 Å². The molecular formula is C12H16FNO. The molecular weight excluding hydrogens is 193 g/mol. The lowest BCUT2D eigenvalue weighted by molar-refractivity contribution is 0.0768. The summed E-state index contributed by atoms with van der Waals surface area (Å²) in [6.45, 7) is 6.81. The molecule has 0 fully saturated rings. The molecule has 1 rings (SSSR count). The molecule has 0 bridgehead atoms. The summed E-state index contributed by atoms with van der Waals surface area (Å²) in [5.41, 5.74) is 1.06. The molecule has 0 unspecified atom stereocenters. The molecule has 0 saturated heterocycles. The van der Waals surface area contributed by atoms with E-state index in [2.05, 4.69) is 0 Å². The number of rotatable bonds is 3. The third kappa shape index (κ3) is 2.55. The molecule has 0 radical (unpaired) electrons. The van der Waals surface area contributed by atoms with Gasteiger partial charge in [-0.3, -0.25) is 4.79 Å². The van der Waals surface area contributed by atoms with Crippen LogP contribution in [0.2, 0.25) is 0 Å². The zero-order chi connectivity index (χ0) is 11.4. The summed E-state index contributed by atoms with van der Waals surface area (Å²) in [7, 11) is 0. The molecule has 1 amide bonds. The van der Waals surface area contributed by atoms with Gasteiger partial charge in [-0.15, -0.1) is 0 Å². The minimum atomic E-state index is -0.447. The minimum absolute atomic E-state index is 0.165. The van der Waals surface area contributed by atoms with Gasteiger partial charge in [0.15, 0.2) is 0 Å². The van der Waals surface area contributed by atoms with Crippen LogP contribution in [0.4, 0.5) is 4.39 Å². The summed E-state index contributed by atoms with van der Waals surface area (Å²) < 4.78 is 13.4. The zero-order valence-electron chi connectivity index (χ0n) is 9.38. The molecule has 0 aliphatic rings. The summed E-state index contributed by atoms with van der Waals surface area (Å²) >= 11 is 0. The highest BCUT2D eigenvalue weighted by Crippen LogP contribution is 2.12. The van der Waals surface area contributed by atoms with Crippen molar-refractivity contribution in [2.24, 2.45) is 0 Å². The fourth-order valence-corrected chi connectivity index (χ4v) is 1.48. The highest BCUT2D eigenvalue weighted by Gasteiger charge is 2.16. The molecule has 0 aromatic heterocycles.